The Morgan fingerprint density at radius 2 is 1.55 bits per heavy atom. The van der Waals surface area contributed by atoms with Gasteiger partial charge in [0, 0.05) is 0 Å². The molecule has 0 unspecified atom stereocenters. The van der Waals surface area contributed by atoms with Gasteiger partial charge in [0.1, 0.15) is 8.07 Å². The minimum Gasteiger partial charge on any atom is -0.233 e. The largest absolute Gasteiger partial charge is 0.233 e. The molecule has 2 heterocycles. The third-order valence-corrected chi connectivity index (χ3v) is 7.88. The van der Waals surface area contributed by atoms with Gasteiger partial charge in [0.25, 0.3) is 0 Å². The van der Waals surface area contributed by atoms with Crippen LogP contribution < -0.4 is 10.4 Å². The predicted molar refractivity (Wildman–Crippen MR) is 85.8 cm³/mol. The maximum atomic E-state index is 4.56. The smallest absolute Gasteiger partial charge is 0.115 e. The van der Waals surface area contributed by atoms with Gasteiger partial charge in [-0.2, -0.15) is 5.10 Å². The van der Waals surface area contributed by atoms with Gasteiger partial charge in [0.05, 0.1) is 17.6 Å². The van der Waals surface area contributed by atoms with Crippen molar-refractivity contribution in [3.05, 3.63) is 60.8 Å². The summed E-state index contributed by atoms with van der Waals surface area (Å²) in [4.78, 5) is 0. The van der Waals surface area contributed by atoms with Crippen molar-refractivity contribution in [1.29, 1.82) is 0 Å². The molecule has 2 aromatic carbocycles. The molecular weight excluding hydrogens is 260 g/mol. The lowest BCUT2D eigenvalue weighted by Gasteiger charge is -2.25. The number of rotatable bonds is 0. The Hall–Kier alpha value is -2.13. The van der Waals surface area contributed by atoms with Crippen LogP contribution in [-0.4, -0.2) is 17.9 Å². The Labute approximate surface area is 119 Å². The van der Waals surface area contributed by atoms with Crippen molar-refractivity contribution in [1.82, 2.24) is 9.78 Å². The number of nitrogens with zero attached hydrogens (tertiary/aromatic N) is 2. The van der Waals surface area contributed by atoms with E-state index in [0.29, 0.717) is 0 Å². The van der Waals surface area contributed by atoms with Crippen LogP contribution in [0.15, 0.2) is 60.8 Å². The number of para-hydroxylation sites is 1. The molecule has 4 rings (SSSR count). The van der Waals surface area contributed by atoms with Crippen molar-refractivity contribution in [3.63, 3.8) is 0 Å². The van der Waals surface area contributed by atoms with Crippen LogP contribution in [-0.2, 0) is 0 Å². The van der Waals surface area contributed by atoms with Gasteiger partial charge in [-0.25, -0.2) is 4.68 Å². The molecule has 2 nitrogen and oxygen atoms in total. The van der Waals surface area contributed by atoms with Gasteiger partial charge in [0.2, 0.25) is 0 Å². The van der Waals surface area contributed by atoms with Gasteiger partial charge >= 0.3 is 0 Å². The lowest BCUT2D eigenvalue weighted by atomic mass is 10.1. The molecule has 3 heteroatoms. The molecule has 0 aliphatic carbocycles. The molecule has 0 N–H and O–H groups in total. The van der Waals surface area contributed by atoms with E-state index in [2.05, 4.69) is 77.5 Å². The van der Waals surface area contributed by atoms with E-state index in [1.54, 1.807) is 0 Å². The van der Waals surface area contributed by atoms with Crippen LogP contribution in [0.1, 0.15) is 0 Å². The molecule has 0 bridgehead atoms. The second-order valence-corrected chi connectivity index (χ2v) is 10.1. The molecule has 1 aliphatic rings. The Morgan fingerprint density at radius 3 is 2.40 bits per heavy atom. The maximum absolute atomic E-state index is 4.56. The van der Waals surface area contributed by atoms with Crippen LogP contribution in [0.5, 0.6) is 0 Å². The summed E-state index contributed by atoms with van der Waals surface area (Å²) in [6.07, 6.45) is 1.89. The topological polar surface area (TPSA) is 17.8 Å². The second kappa shape index (κ2) is 3.93. The van der Waals surface area contributed by atoms with E-state index in [0.717, 1.165) is 0 Å². The SMILES string of the molecule is C[Si]1(C)c2ccccc2-c2ccnn2-c2ccccc21. The van der Waals surface area contributed by atoms with E-state index in [1.165, 1.54) is 27.3 Å². The highest BCUT2D eigenvalue weighted by atomic mass is 28.3. The molecule has 0 spiro atoms. The highest BCUT2D eigenvalue weighted by Crippen LogP contribution is 2.27. The fourth-order valence-electron chi connectivity index (χ4n) is 3.28. The first kappa shape index (κ1) is 11.7. The number of aromatic nitrogens is 2. The summed E-state index contributed by atoms with van der Waals surface area (Å²) >= 11 is 0. The molecule has 1 aromatic heterocycles. The molecular formula is C17H16N2Si. The summed E-state index contributed by atoms with van der Waals surface area (Å²) in [5, 5.41) is 7.51. The molecule has 0 saturated carbocycles. The number of hydrogen-bond donors (Lipinski definition) is 0. The third kappa shape index (κ3) is 1.41. The molecule has 0 radical (unpaired) electrons. The Balaban J connectivity index is 2.20. The zero-order valence-electron chi connectivity index (χ0n) is 11.7. The summed E-state index contributed by atoms with van der Waals surface area (Å²) in [7, 11) is -1.70. The summed E-state index contributed by atoms with van der Waals surface area (Å²) in [5.74, 6) is 0. The average Bonchev–Trinajstić information content (AvgIpc) is 2.94. The number of fused-ring (bicyclic) bond motifs is 5. The molecule has 1 aliphatic heterocycles. The monoisotopic (exact) mass is 276 g/mol. The highest BCUT2D eigenvalue weighted by Gasteiger charge is 2.34. The quantitative estimate of drug-likeness (QED) is 0.577. The van der Waals surface area contributed by atoms with Crippen LogP contribution in [0.3, 0.4) is 0 Å². The number of benzene rings is 2. The summed E-state index contributed by atoms with van der Waals surface area (Å²) < 4.78 is 2.09. The highest BCUT2D eigenvalue weighted by molar-refractivity contribution is 7.01. The molecule has 3 aromatic rings. The van der Waals surface area contributed by atoms with Gasteiger partial charge < -0.3 is 0 Å². The van der Waals surface area contributed by atoms with Crippen molar-refractivity contribution >= 4 is 18.4 Å². The zero-order valence-corrected chi connectivity index (χ0v) is 12.7. The van der Waals surface area contributed by atoms with Crippen molar-refractivity contribution in [2.75, 3.05) is 0 Å². The van der Waals surface area contributed by atoms with E-state index in [-0.39, 0.29) is 0 Å². The predicted octanol–water partition coefficient (Wildman–Crippen LogP) is 2.68. The standard InChI is InChI=1S/C17H16N2Si/c1-20(2)16-9-5-3-7-13(16)14-11-12-18-19(14)15-8-4-6-10-17(15)20/h3-12H,1-2H3. The van der Waals surface area contributed by atoms with E-state index >= 15 is 0 Å². The Bertz CT molecular complexity index is 738. The van der Waals surface area contributed by atoms with Gasteiger partial charge in [0.15, 0.2) is 0 Å². The zero-order chi connectivity index (χ0) is 13.7. The van der Waals surface area contributed by atoms with E-state index in [1.807, 2.05) is 6.20 Å². The van der Waals surface area contributed by atoms with Gasteiger partial charge in [-0.3, -0.25) is 0 Å². The molecule has 98 valence electrons. The average molecular weight is 276 g/mol. The minimum absolute atomic E-state index is 1.20. The minimum atomic E-state index is -1.70. The van der Waals surface area contributed by atoms with E-state index < -0.39 is 8.07 Å². The van der Waals surface area contributed by atoms with Crippen LogP contribution >= 0.6 is 0 Å². The normalized spacial score (nSPS) is 14.9. The lowest BCUT2D eigenvalue weighted by Crippen LogP contribution is -2.53. The van der Waals surface area contributed by atoms with Crippen LogP contribution in [0.2, 0.25) is 13.1 Å². The third-order valence-electron chi connectivity index (χ3n) is 4.32. The maximum Gasteiger partial charge on any atom is 0.115 e. The van der Waals surface area contributed by atoms with Crippen molar-refractivity contribution < 1.29 is 0 Å². The summed E-state index contributed by atoms with van der Waals surface area (Å²) in [6.45, 7) is 4.86. The second-order valence-electron chi connectivity index (χ2n) is 5.82. The molecule has 0 fully saturated rings. The molecule has 0 atom stereocenters. The Kier molecular flexibility index (Phi) is 2.29. The van der Waals surface area contributed by atoms with E-state index in [9.17, 15) is 0 Å². The van der Waals surface area contributed by atoms with Gasteiger partial charge in [-0.05, 0) is 28.1 Å². The summed E-state index contributed by atoms with van der Waals surface area (Å²) in [5.41, 5.74) is 3.77. The van der Waals surface area contributed by atoms with Crippen LogP contribution in [0.4, 0.5) is 0 Å². The molecule has 0 saturated heterocycles. The van der Waals surface area contributed by atoms with Crippen molar-refractivity contribution in [2.24, 2.45) is 0 Å². The first-order chi connectivity index (χ1) is 9.69. The number of hydrogen-bond acceptors (Lipinski definition) is 1. The lowest BCUT2D eigenvalue weighted by molar-refractivity contribution is 0.894. The van der Waals surface area contributed by atoms with Crippen molar-refractivity contribution in [2.45, 2.75) is 13.1 Å². The van der Waals surface area contributed by atoms with E-state index in [4.69, 9.17) is 0 Å². The van der Waals surface area contributed by atoms with Crippen molar-refractivity contribution in [3.8, 4) is 16.9 Å². The summed E-state index contributed by atoms with van der Waals surface area (Å²) in [6, 6.07) is 19.6. The fourth-order valence-corrected chi connectivity index (χ4v) is 6.31. The molecule has 0 amide bonds. The first-order valence-electron chi connectivity index (χ1n) is 6.93. The van der Waals surface area contributed by atoms with Gasteiger partial charge in [-0.1, -0.05) is 55.6 Å². The molecule has 20 heavy (non-hydrogen) atoms. The van der Waals surface area contributed by atoms with Crippen LogP contribution in [0, 0.1) is 0 Å². The Morgan fingerprint density at radius 1 is 0.850 bits per heavy atom. The first-order valence-corrected chi connectivity index (χ1v) is 9.93. The fraction of sp³-hybridized carbons (Fsp3) is 0.118. The van der Waals surface area contributed by atoms with Gasteiger partial charge in [-0.15, -0.1) is 0 Å². The van der Waals surface area contributed by atoms with Crippen LogP contribution in [0.25, 0.3) is 16.9 Å².